The van der Waals surface area contributed by atoms with Gasteiger partial charge in [0.2, 0.25) is 11.7 Å². The highest BCUT2D eigenvalue weighted by atomic mass is 16.5. The fraction of sp³-hybridized carbons (Fsp3) is 0.538. The van der Waals surface area contributed by atoms with E-state index in [0.717, 1.165) is 42.7 Å². The summed E-state index contributed by atoms with van der Waals surface area (Å²) >= 11 is 0. The van der Waals surface area contributed by atoms with Crippen molar-refractivity contribution < 1.29 is 13.9 Å². The number of rotatable bonds is 5. The Bertz CT molecular complexity index is 969. The zero-order valence-corrected chi connectivity index (χ0v) is 19.4. The van der Waals surface area contributed by atoms with Crippen LogP contribution in [0.1, 0.15) is 75.9 Å². The summed E-state index contributed by atoms with van der Waals surface area (Å²) in [5.74, 6) is 1.51. The number of benzene rings is 1. The third-order valence-corrected chi connectivity index (χ3v) is 7.42. The standard InChI is InChI=1S/C26H34N4O3/c1-32-21-14-12-20(13-15-21)30-23(27)22-16-17-33-25(22)28-24(30)26(31)29(18-8-4-2-5-9-18)19-10-6-3-7-11-19/h12-19,23H,2-11,27H2,1H3. The van der Waals surface area contributed by atoms with Crippen LogP contribution < -0.4 is 15.4 Å². The van der Waals surface area contributed by atoms with E-state index in [0.29, 0.717) is 11.7 Å². The zero-order chi connectivity index (χ0) is 22.8. The summed E-state index contributed by atoms with van der Waals surface area (Å²) in [4.78, 5) is 23.1. The number of fused-ring (bicyclic) bond motifs is 1. The van der Waals surface area contributed by atoms with E-state index in [1.54, 1.807) is 13.4 Å². The molecule has 0 saturated heterocycles. The maximum Gasteiger partial charge on any atom is 0.290 e. The number of amidine groups is 1. The topological polar surface area (TPSA) is 84.3 Å². The van der Waals surface area contributed by atoms with Crippen LogP contribution in [-0.4, -0.2) is 35.8 Å². The van der Waals surface area contributed by atoms with Crippen LogP contribution in [0.2, 0.25) is 0 Å². The fourth-order valence-corrected chi connectivity index (χ4v) is 5.69. The molecule has 1 atom stereocenters. The molecule has 1 aromatic heterocycles. The first kappa shape index (κ1) is 22.0. The van der Waals surface area contributed by atoms with Gasteiger partial charge >= 0.3 is 0 Å². The van der Waals surface area contributed by atoms with E-state index in [9.17, 15) is 4.79 Å². The SMILES string of the molecule is COc1ccc(N2C(C(=O)N(C3CCCCC3)C3CCCCC3)=Nc3occc3C2N)cc1. The third kappa shape index (κ3) is 4.26. The minimum atomic E-state index is -0.553. The van der Waals surface area contributed by atoms with Crippen molar-refractivity contribution in [2.75, 3.05) is 12.0 Å². The van der Waals surface area contributed by atoms with Crippen LogP contribution in [0.15, 0.2) is 46.0 Å². The van der Waals surface area contributed by atoms with E-state index in [2.05, 4.69) is 4.90 Å². The van der Waals surface area contributed by atoms with Crippen molar-refractivity contribution in [3.63, 3.8) is 0 Å². The Kier molecular flexibility index (Phi) is 6.40. The molecule has 0 radical (unpaired) electrons. The fourth-order valence-electron chi connectivity index (χ4n) is 5.69. The molecular formula is C26H34N4O3. The van der Waals surface area contributed by atoms with E-state index >= 15 is 0 Å². The van der Waals surface area contributed by atoms with Crippen LogP contribution in [0.4, 0.5) is 11.6 Å². The maximum absolute atomic E-state index is 14.3. The number of carbonyl (C=O) groups is 1. The van der Waals surface area contributed by atoms with Crippen LogP contribution in [0.25, 0.3) is 0 Å². The molecule has 2 N–H and O–H groups in total. The molecule has 5 rings (SSSR count). The molecule has 1 unspecified atom stereocenters. The van der Waals surface area contributed by atoms with E-state index in [1.165, 1.54) is 38.5 Å². The first-order chi connectivity index (χ1) is 16.2. The number of anilines is 1. The predicted octanol–water partition coefficient (Wildman–Crippen LogP) is 5.29. The van der Waals surface area contributed by atoms with Gasteiger partial charge in [-0.3, -0.25) is 4.79 Å². The van der Waals surface area contributed by atoms with Crippen molar-refractivity contribution in [1.29, 1.82) is 0 Å². The van der Waals surface area contributed by atoms with E-state index in [-0.39, 0.29) is 18.0 Å². The maximum atomic E-state index is 14.3. The number of aliphatic imine (C=N–C) groups is 1. The second kappa shape index (κ2) is 9.59. The molecule has 33 heavy (non-hydrogen) atoms. The van der Waals surface area contributed by atoms with Gasteiger partial charge in [0.15, 0.2) is 0 Å². The number of furan rings is 1. The summed E-state index contributed by atoms with van der Waals surface area (Å²) in [6.07, 6.45) is 12.5. The highest BCUT2D eigenvalue weighted by Crippen LogP contribution is 2.38. The van der Waals surface area contributed by atoms with Crippen LogP contribution in [0.3, 0.4) is 0 Å². The van der Waals surface area contributed by atoms with Crippen LogP contribution >= 0.6 is 0 Å². The molecule has 0 spiro atoms. The molecule has 2 aromatic rings. The summed E-state index contributed by atoms with van der Waals surface area (Å²) in [7, 11) is 1.64. The Hall–Kier alpha value is -2.80. The first-order valence-corrected chi connectivity index (χ1v) is 12.3. The molecular weight excluding hydrogens is 416 g/mol. The molecule has 2 aliphatic carbocycles. The molecule has 1 aromatic carbocycles. The monoisotopic (exact) mass is 450 g/mol. The van der Waals surface area contributed by atoms with E-state index in [1.807, 2.05) is 35.2 Å². The highest BCUT2D eigenvalue weighted by Gasteiger charge is 2.40. The quantitative estimate of drug-likeness (QED) is 0.669. The van der Waals surface area contributed by atoms with Gasteiger partial charge in [-0.25, -0.2) is 0 Å². The molecule has 2 heterocycles. The molecule has 2 fully saturated rings. The lowest BCUT2D eigenvalue weighted by Gasteiger charge is -2.44. The Balaban J connectivity index is 1.55. The summed E-state index contributed by atoms with van der Waals surface area (Å²) in [5.41, 5.74) is 8.30. The summed E-state index contributed by atoms with van der Waals surface area (Å²) in [6, 6.07) is 10.00. The van der Waals surface area contributed by atoms with Gasteiger partial charge in [-0.1, -0.05) is 38.5 Å². The van der Waals surface area contributed by atoms with Crippen molar-refractivity contribution in [2.45, 2.75) is 82.5 Å². The van der Waals surface area contributed by atoms with Crippen molar-refractivity contribution in [2.24, 2.45) is 10.7 Å². The summed E-state index contributed by atoms with van der Waals surface area (Å²) in [5, 5.41) is 0. The second-order valence-electron chi connectivity index (χ2n) is 9.43. The van der Waals surface area contributed by atoms with E-state index < -0.39 is 6.17 Å². The molecule has 7 heteroatoms. The van der Waals surface area contributed by atoms with Gasteiger partial charge in [-0.05, 0) is 56.0 Å². The normalized spacial score (nSPS) is 21.9. The third-order valence-electron chi connectivity index (χ3n) is 7.42. The lowest BCUT2D eigenvalue weighted by atomic mass is 9.88. The van der Waals surface area contributed by atoms with Gasteiger partial charge in [0, 0.05) is 17.8 Å². The molecule has 7 nitrogen and oxygen atoms in total. The summed E-state index contributed by atoms with van der Waals surface area (Å²) in [6.45, 7) is 0. The number of amides is 1. The zero-order valence-electron chi connectivity index (χ0n) is 19.4. The largest absolute Gasteiger partial charge is 0.497 e. The average Bonchev–Trinajstić information content (AvgIpc) is 3.35. The van der Waals surface area contributed by atoms with Crippen LogP contribution in [0.5, 0.6) is 5.75 Å². The van der Waals surface area contributed by atoms with E-state index in [4.69, 9.17) is 19.9 Å². The second-order valence-corrected chi connectivity index (χ2v) is 9.43. The Labute approximate surface area is 195 Å². The van der Waals surface area contributed by atoms with Gasteiger partial charge < -0.3 is 24.7 Å². The molecule has 176 valence electrons. The molecule has 1 aliphatic heterocycles. The van der Waals surface area contributed by atoms with Crippen LogP contribution in [0, 0.1) is 0 Å². The van der Waals surface area contributed by atoms with Crippen molar-refractivity contribution in [3.8, 4) is 5.75 Å². The van der Waals surface area contributed by atoms with Gasteiger partial charge in [-0.15, -0.1) is 0 Å². The van der Waals surface area contributed by atoms with Gasteiger partial charge in [0.25, 0.3) is 5.91 Å². The van der Waals surface area contributed by atoms with Crippen molar-refractivity contribution in [3.05, 3.63) is 42.2 Å². The Morgan fingerprint density at radius 2 is 1.61 bits per heavy atom. The summed E-state index contributed by atoms with van der Waals surface area (Å²) < 4.78 is 10.9. The number of ether oxygens (including phenoxy) is 1. The van der Waals surface area contributed by atoms with Crippen LogP contribution in [-0.2, 0) is 4.79 Å². The number of carbonyl (C=O) groups excluding carboxylic acids is 1. The number of hydrogen-bond donors (Lipinski definition) is 1. The molecule has 2 saturated carbocycles. The van der Waals surface area contributed by atoms with Gasteiger partial charge in [0.05, 0.1) is 18.9 Å². The number of methoxy groups -OCH3 is 1. The van der Waals surface area contributed by atoms with Gasteiger partial charge in [0.1, 0.15) is 11.9 Å². The Morgan fingerprint density at radius 3 is 2.18 bits per heavy atom. The lowest BCUT2D eigenvalue weighted by Crippen LogP contribution is -2.56. The highest BCUT2D eigenvalue weighted by molar-refractivity contribution is 6.44. The Morgan fingerprint density at radius 1 is 1.00 bits per heavy atom. The van der Waals surface area contributed by atoms with Gasteiger partial charge in [-0.2, -0.15) is 4.99 Å². The first-order valence-electron chi connectivity index (χ1n) is 12.3. The van der Waals surface area contributed by atoms with Crippen molar-refractivity contribution in [1.82, 2.24) is 4.90 Å². The average molecular weight is 451 g/mol. The minimum Gasteiger partial charge on any atom is -0.497 e. The predicted molar refractivity (Wildman–Crippen MR) is 129 cm³/mol. The number of nitrogens with zero attached hydrogens (tertiary/aromatic N) is 3. The molecule has 0 bridgehead atoms. The smallest absolute Gasteiger partial charge is 0.290 e. The van der Waals surface area contributed by atoms with Crippen molar-refractivity contribution >= 4 is 23.3 Å². The number of nitrogens with two attached hydrogens (primary N) is 1. The molecule has 3 aliphatic rings. The minimum absolute atomic E-state index is 0.0258. The molecule has 1 amide bonds. The number of hydrogen-bond acceptors (Lipinski definition) is 6. The lowest BCUT2D eigenvalue weighted by molar-refractivity contribution is -0.130.